The summed E-state index contributed by atoms with van der Waals surface area (Å²) >= 11 is 0. The van der Waals surface area contributed by atoms with Crippen molar-refractivity contribution in [3.63, 3.8) is 0 Å². The van der Waals surface area contributed by atoms with Crippen LogP contribution in [0.3, 0.4) is 0 Å². The molecule has 0 aromatic heterocycles. The first-order chi connectivity index (χ1) is 6.33. The summed E-state index contributed by atoms with van der Waals surface area (Å²) in [6, 6.07) is 0. The number of nitrogens with one attached hydrogen (secondary N) is 1. The van der Waals surface area contributed by atoms with Gasteiger partial charge in [-0.05, 0) is 58.8 Å². The Bertz CT molecular complexity index is 125. The second-order valence-electron chi connectivity index (χ2n) is 4.37. The van der Waals surface area contributed by atoms with Crippen LogP contribution in [0.5, 0.6) is 0 Å². The highest BCUT2D eigenvalue weighted by atomic mass is 15.1. The minimum absolute atomic E-state index is 0.959. The van der Waals surface area contributed by atoms with Gasteiger partial charge in [0.1, 0.15) is 0 Å². The first-order valence-electron chi connectivity index (χ1n) is 5.66. The molecule has 0 aromatic carbocycles. The zero-order valence-corrected chi connectivity index (χ0v) is 9.18. The summed E-state index contributed by atoms with van der Waals surface area (Å²) in [6.45, 7) is 3.81. The van der Waals surface area contributed by atoms with Crippen molar-refractivity contribution in [1.82, 2.24) is 10.2 Å². The molecule has 1 N–H and O–H groups in total. The molecule has 1 heterocycles. The van der Waals surface area contributed by atoms with Crippen LogP contribution in [0.25, 0.3) is 0 Å². The lowest BCUT2D eigenvalue weighted by atomic mass is 9.98. The Balaban J connectivity index is 2.15. The predicted octanol–water partition coefficient (Wildman–Crippen LogP) is 1.72. The summed E-state index contributed by atoms with van der Waals surface area (Å²) in [5, 5.41) is 3.22. The van der Waals surface area contributed by atoms with Crippen LogP contribution in [0, 0.1) is 5.92 Å². The minimum Gasteiger partial charge on any atom is -0.320 e. The molecule has 1 rings (SSSR count). The Kier molecular flexibility index (Phi) is 5.40. The lowest BCUT2D eigenvalue weighted by Crippen LogP contribution is -2.24. The molecule has 1 aliphatic heterocycles. The first-order valence-corrected chi connectivity index (χ1v) is 5.66. The zero-order valence-electron chi connectivity index (χ0n) is 9.18. The van der Waals surface area contributed by atoms with Gasteiger partial charge >= 0.3 is 0 Å². The van der Waals surface area contributed by atoms with Gasteiger partial charge < -0.3 is 10.2 Å². The van der Waals surface area contributed by atoms with Gasteiger partial charge in [-0.1, -0.05) is 6.42 Å². The Labute approximate surface area is 82.7 Å². The number of rotatable bonds is 4. The normalized spacial score (nSPS) is 25.8. The molecule has 0 radical (unpaired) electrons. The molecule has 0 bridgehead atoms. The Morgan fingerprint density at radius 1 is 1.38 bits per heavy atom. The van der Waals surface area contributed by atoms with Gasteiger partial charge in [0.15, 0.2) is 0 Å². The van der Waals surface area contributed by atoms with E-state index < -0.39 is 0 Å². The summed E-state index contributed by atoms with van der Waals surface area (Å²) in [4.78, 5) is 2.50. The van der Waals surface area contributed by atoms with Crippen molar-refractivity contribution in [2.45, 2.75) is 32.1 Å². The fraction of sp³-hybridized carbons (Fsp3) is 1.00. The molecule has 0 saturated carbocycles. The molecule has 78 valence electrons. The summed E-state index contributed by atoms with van der Waals surface area (Å²) in [5.74, 6) is 0.959. The summed E-state index contributed by atoms with van der Waals surface area (Å²) in [5.41, 5.74) is 0. The minimum atomic E-state index is 0.959. The molecular weight excluding hydrogens is 160 g/mol. The van der Waals surface area contributed by atoms with Gasteiger partial charge in [0.05, 0.1) is 0 Å². The van der Waals surface area contributed by atoms with Crippen molar-refractivity contribution in [3.05, 3.63) is 0 Å². The van der Waals surface area contributed by atoms with Gasteiger partial charge in [-0.2, -0.15) is 0 Å². The molecule has 1 saturated heterocycles. The standard InChI is InChI=1S/C11H24N2/c1-12-8-5-7-11-6-3-4-9-13(2)10-11/h11-12H,3-10H2,1-2H3. The van der Waals surface area contributed by atoms with Crippen molar-refractivity contribution in [2.24, 2.45) is 5.92 Å². The second-order valence-corrected chi connectivity index (χ2v) is 4.37. The fourth-order valence-electron chi connectivity index (χ4n) is 2.24. The highest BCUT2D eigenvalue weighted by Gasteiger charge is 2.14. The van der Waals surface area contributed by atoms with E-state index in [1.807, 2.05) is 7.05 Å². The Hall–Kier alpha value is -0.0800. The van der Waals surface area contributed by atoms with E-state index in [-0.39, 0.29) is 0 Å². The molecule has 0 amide bonds. The zero-order chi connectivity index (χ0) is 9.52. The third-order valence-corrected chi connectivity index (χ3v) is 3.01. The molecule has 0 aromatic rings. The molecule has 0 spiro atoms. The SMILES string of the molecule is CNCCCC1CCCCN(C)C1. The molecular formula is C11H24N2. The fourth-order valence-corrected chi connectivity index (χ4v) is 2.24. The Morgan fingerprint density at radius 2 is 2.23 bits per heavy atom. The van der Waals surface area contributed by atoms with Crippen molar-refractivity contribution >= 4 is 0 Å². The topological polar surface area (TPSA) is 15.3 Å². The lowest BCUT2D eigenvalue weighted by Gasteiger charge is -2.19. The highest BCUT2D eigenvalue weighted by Crippen LogP contribution is 2.19. The van der Waals surface area contributed by atoms with Crippen LogP contribution in [0.4, 0.5) is 0 Å². The third kappa shape index (κ3) is 4.63. The third-order valence-electron chi connectivity index (χ3n) is 3.01. The van der Waals surface area contributed by atoms with E-state index in [4.69, 9.17) is 0 Å². The number of hydrogen-bond donors (Lipinski definition) is 1. The summed E-state index contributed by atoms with van der Waals surface area (Å²) < 4.78 is 0. The van der Waals surface area contributed by atoms with Crippen molar-refractivity contribution in [3.8, 4) is 0 Å². The second kappa shape index (κ2) is 6.39. The predicted molar refractivity (Wildman–Crippen MR) is 58.0 cm³/mol. The van der Waals surface area contributed by atoms with Crippen LogP contribution in [0.15, 0.2) is 0 Å². The van der Waals surface area contributed by atoms with Crippen LogP contribution in [-0.4, -0.2) is 38.6 Å². The smallest absolute Gasteiger partial charge is 0.000661 e. The van der Waals surface area contributed by atoms with E-state index in [2.05, 4.69) is 17.3 Å². The van der Waals surface area contributed by atoms with E-state index in [1.165, 1.54) is 51.7 Å². The average molecular weight is 184 g/mol. The van der Waals surface area contributed by atoms with Crippen LogP contribution in [-0.2, 0) is 0 Å². The molecule has 13 heavy (non-hydrogen) atoms. The van der Waals surface area contributed by atoms with E-state index in [9.17, 15) is 0 Å². The van der Waals surface area contributed by atoms with E-state index >= 15 is 0 Å². The quantitative estimate of drug-likeness (QED) is 0.669. The molecule has 2 nitrogen and oxygen atoms in total. The maximum Gasteiger partial charge on any atom is 0.000661 e. The van der Waals surface area contributed by atoms with Crippen LogP contribution in [0.1, 0.15) is 32.1 Å². The van der Waals surface area contributed by atoms with E-state index in [0.29, 0.717) is 0 Å². The van der Waals surface area contributed by atoms with Gasteiger partial charge in [-0.3, -0.25) is 0 Å². The molecule has 2 heteroatoms. The molecule has 0 aliphatic carbocycles. The van der Waals surface area contributed by atoms with E-state index in [1.54, 1.807) is 0 Å². The monoisotopic (exact) mass is 184 g/mol. The van der Waals surface area contributed by atoms with Crippen LogP contribution >= 0.6 is 0 Å². The van der Waals surface area contributed by atoms with Crippen molar-refractivity contribution in [1.29, 1.82) is 0 Å². The van der Waals surface area contributed by atoms with Gasteiger partial charge in [0, 0.05) is 6.54 Å². The maximum atomic E-state index is 3.22. The van der Waals surface area contributed by atoms with Gasteiger partial charge in [0.25, 0.3) is 0 Å². The number of hydrogen-bond acceptors (Lipinski definition) is 2. The summed E-state index contributed by atoms with van der Waals surface area (Å²) in [7, 11) is 4.30. The first kappa shape index (κ1) is 11.0. The van der Waals surface area contributed by atoms with Gasteiger partial charge in [-0.15, -0.1) is 0 Å². The van der Waals surface area contributed by atoms with Gasteiger partial charge in [-0.25, -0.2) is 0 Å². The highest BCUT2D eigenvalue weighted by molar-refractivity contribution is 4.69. The van der Waals surface area contributed by atoms with Crippen molar-refractivity contribution < 1.29 is 0 Å². The molecule has 1 unspecified atom stereocenters. The van der Waals surface area contributed by atoms with Gasteiger partial charge in [0.2, 0.25) is 0 Å². The molecule has 1 aliphatic rings. The average Bonchev–Trinajstić information content (AvgIpc) is 2.31. The summed E-state index contributed by atoms with van der Waals surface area (Å²) in [6.07, 6.45) is 7.04. The maximum absolute atomic E-state index is 3.22. The van der Waals surface area contributed by atoms with Crippen LogP contribution < -0.4 is 5.32 Å². The number of likely N-dealkylation sites (tertiary alicyclic amines) is 1. The van der Waals surface area contributed by atoms with E-state index in [0.717, 1.165) is 5.92 Å². The lowest BCUT2D eigenvalue weighted by molar-refractivity contribution is 0.287. The number of nitrogens with zero attached hydrogens (tertiary/aromatic N) is 1. The van der Waals surface area contributed by atoms with Crippen molar-refractivity contribution in [2.75, 3.05) is 33.7 Å². The Morgan fingerprint density at radius 3 is 3.00 bits per heavy atom. The molecule has 1 atom stereocenters. The molecule has 1 fully saturated rings. The largest absolute Gasteiger partial charge is 0.320 e. The van der Waals surface area contributed by atoms with Crippen LogP contribution in [0.2, 0.25) is 0 Å².